The highest BCUT2D eigenvalue weighted by Crippen LogP contribution is 2.38. The molecule has 156 valence electrons. The smallest absolute Gasteiger partial charge is 0.141 e. The number of nitrogens with one attached hydrogen (secondary N) is 1. The number of benzene rings is 1. The minimum atomic E-state index is 0.145. The second-order valence-corrected chi connectivity index (χ2v) is 8.14. The van der Waals surface area contributed by atoms with Crippen LogP contribution in [0.25, 0.3) is 33.3 Å². The highest BCUT2D eigenvalue weighted by atomic mass is 16.5. The molecule has 6 heteroatoms. The summed E-state index contributed by atoms with van der Waals surface area (Å²) in [6.45, 7) is 10.2. The molecule has 1 unspecified atom stereocenters. The van der Waals surface area contributed by atoms with Crippen molar-refractivity contribution in [2.45, 2.75) is 40.7 Å². The first-order valence-electron chi connectivity index (χ1n) is 10.5. The van der Waals surface area contributed by atoms with E-state index < -0.39 is 0 Å². The second-order valence-electron chi connectivity index (χ2n) is 8.14. The lowest BCUT2D eigenvalue weighted by Gasteiger charge is -2.16. The van der Waals surface area contributed by atoms with Crippen LogP contribution in [0, 0.1) is 27.7 Å². The predicted molar refractivity (Wildman–Crippen MR) is 122 cm³/mol. The molecule has 0 aliphatic carbocycles. The molecule has 0 aliphatic rings. The molecular weight excluding hydrogens is 386 g/mol. The number of nitrogens with zero attached hydrogens (tertiary/aromatic N) is 4. The minimum absolute atomic E-state index is 0.145. The zero-order valence-electron chi connectivity index (χ0n) is 18.4. The van der Waals surface area contributed by atoms with Crippen LogP contribution in [0.1, 0.15) is 41.4 Å². The van der Waals surface area contributed by atoms with Crippen molar-refractivity contribution < 1.29 is 4.52 Å². The first kappa shape index (κ1) is 19.3. The van der Waals surface area contributed by atoms with Crippen molar-refractivity contribution in [1.29, 1.82) is 0 Å². The number of hydrogen-bond donors (Lipinski definition) is 1. The van der Waals surface area contributed by atoms with Gasteiger partial charge in [0.2, 0.25) is 0 Å². The highest BCUT2D eigenvalue weighted by molar-refractivity contribution is 5.96. The molecule has 1 N–H and O–H groups in total. The van der Waals surface area contributed by atoms with Gasteiger partial charge in [-0.25, -0.2) is 0 Å². The zero-order valence-corrected chi connectivity index (χ0v) is 18.4. The lowest BCUT2D eigenvalue weighted by Crippen LogP contribution is -2.05. The average molecular weight is 412 g/mol. The minimum Gasteiger partial charge on any atom is -0.361 e. The van der Waals surface area contributed by atoms with Gasteiger partial charge in [0.05, 0.1) is 28.5 Å². The van der Waals surface area contributed by atoms with Gasteiger partial charge in [0.25, 0.3) is 0 Å². The molecule has 31 heavy (non-hydrogen) atoms. The Hall–Kier alpha value is -3.67. The summed E-state index contributed by atoms with van der Waals surface area (Å²) in [7, 11) is 0. The maximum atomic E-state index is 5.41. The summed E-state index contributed by atoms with van der Waals surface area (Å²) >= 11 is 0. The van der Waals surface area contributed by atoms with Crippen LogP contribution in [0.2, 0.25) is 0 Å². The van der Waals surface area contributed by atoms with E-state index in [1.54, 1.807) is 0 Å². The average Bonchev–Trinajstić information content (AvgIpc) is 3.42. The molecular formula is C25H25N5O. The Kier molecular flexibility index (Phi) is 4.50. The fraction of sp³-hybridized carbons (Fsp3) is 0.240. The van der Waals surface area contributed by atoms with Gasteiger partial charge in [-0.1, -0.05) is 35.5 Å². The van der Waals surface area contributed by atoms with Gasteiger partial charge in [-0.2, -0.15) is 5.10 Å². The van der Waals surface area contributed by atoms with Crippen LogP contribution < -0.4 is 0 Å². The van der Waals surface area contributed by atoms with Crippen LogP contribution in [0.4, 0.5) is 0 Å². The van der Waals surface area contributed by atoms with Gasteiger partial charge in [0, 0.05) is 40.3 Å². The van der Waals surface area contributed by atoms with Crippen LogP contribution in [-0.2, 0) is 0 Å². The van der Waals surface area contributed by atoms with Crippen molar-refractivity contribution in [2.24, 2.45) is 0 Å². The lowest BCUT2D eigenvalue weighted by atomic mass is 10.0. The second kappa shape index (κ2) is 7.23. The molecule has 5 aromatic rings. The van der Waals surface area contributed by atoms with Crippen molar-refractivity contribution in [3.63, 3.8) is 0 Å². The van der Waals surface area contributed by atoms with Gasteiger partial charge in [-0.15, -0.1) is 0 Å². The van der Waals surface area contributed by atoms with Crippen LogP contribution in [-0.4, -0.2) is 24.9 Å². The van der Waals surface area contributed by atoms with Crippen molar-refractivity contribution in [1.82, 2.24) is 24.9 Å². The summed E-state index contributed by atoms with van der Waals surface area (Å²) in [4.78, 5) is 4.92. The van der Waals surface area contributed by atoms with Crippen LogP contribution >= 0.6 is 0 Å². The predicted octanol–water partition coefficient (Wildman–Crippen LogP) is 5.92. The van der Waals surface area contributed by atoms with Gasteiger partial charge in [0.1, 0.15) is 5.76 Å². The third kappa shape index (κ3) is 3.06. The molecule has 0 saturated carbocycles. The first-order chi connectivity index (χ1) is 15.0. The maximum absolute atomic E-state index is 5.41. The standard InChI is InChI=1S/C25H25N5O/c1-14-23(15(2)28-27-14)21-13-30(17(4)19-9-7-6-8-10-19)22-11-20(12-26-25(21)22)24-16(3)29-31-18(24)5/h6-13,17H,1-5H3,(H,27,28). The van der Waals surface area contributed by atoms with Gasteiger partial charge in [0.15, 0.2) is 0 Å². The van der Waals surface area contributed by atoms with E-state index in [4.69, 9.17) is 9.51 Å². The molecule has 0 bridgehead atoms. The monoisotopic (exact) mass is 411 g/mol. The quantitative estimate of drug-likeness (QED) is 0.398. The number of rotatable bonds is 4. The topological polar surface area (TPSA) is 72.5 Å². The summed E-state index contributed by atoms with van der Waals surface area (Å²) < 4.78 is 7.71. The fourth-order valence-corrected chi connectivity index (χ4v) is 4.50. The largest absolute Gasteiger partial charge is 0.361 e. The highest BCUT2D eigenvalue weighted by Gasteiger charge is 2.22. The summed E-state index contributed by atoms with van der Waals surface area (Å²) in [6, 6.07) is 12.9. The molecule has 1 aromatic carbocycles. The van der Waals surface area contributed by atoms with Gasteiger partial charge < -0.3 is 9.09 Å². The van der Waals surface area contributed by atoms with E-state index in [9.17, 15) is 0 Å². The summed E-state index contributed by atoms with van der Waals surface area (Å²) in [5.74, 6) is 0.801. The Labute approximate surface area is 180 Å². The van der Waals surface area contributed by atoms with Crippen molar-refractivity contribution >= 4 is 11.0 Å². The van der Waals surface area contributed by atoms with Crippen LogP contribution in [0.15, 0.2) is 53.3 Å². The molecule has 0 fully saturated rings. The SMILES string of the molecule is Cc1n[nH]c(C)c1-c1cn(C(C)c2ccccc2)c2cc(-c3c(C)noc3C)cnc12. The Balaban J connectivity index is 1.79. The fourth-order valence-electron chi connectivity index (χ4n) is 4.50. The van der Waals surface area contributed by atoms with E-state index in [1.165, 1.54) is 5.56 Å². The maximum Gasteiger partial charge on any atom is 0.141 e. The van der Waals surface area contributed by atoms with E-state index in [-0.39, 0.29) is 6.04 Å². The molecule has 1 atom stereocenters. The van der Waals surface area contributed by atoms with Crippen LogP contribution in [0.3, 0.4) is 0 Å². The van der Waals surface area contributed by atoms with E-state index in [2.05, 4.69) is 70.3 Å². The van der Waals surface area contributed by atoms with E-state index in [0.29, 0.717) is 0 Å². The normalized spacial score (nSPS) is 12.5. The summed E-state index contributed by atoms with van der Waals surface area (Å²) in [5.41, 5.74) is 10.4. The Morgan fingerprint density at radius 2 is 1.77 bits per heavy atom. The lowest BCUT2D eigenvalue weighted by molar-refractivity contribution is 0.393. The number of pyridine rings is 1. The van der Waals surface area contributed by atoms with Gasteiger partial charge in [-0.3, -0.25) is 10.1 Å². The Morgan fingerprint density at radius 3 is 2.42 bits per heavy atom. The Morgan fingerprint density at radius 1 is 1.00 bits per heavy atom. The third-order valence-corrected chi connectivity index (χ3v) is 6.09. The molecule has 6 nitrogen and oxygen atoms in total. The molecule has 0 radical (unpaired) electrons. The number of aromatic amines is 1. The molecule has 0 spiro atoms. The van der Waals surface area contributed by atoms with Crippen molar-refractivity contribution in [3.8, 4) is 22.3 Å². The molecule has 0 aliphatic heterocycles. The third-order valence-electron chi connectivity index (χ3n) is 6.09. The Bertz CT molecular complexity index is 1350. The van der Waals surface area contributed by atoms with Gasteiger partial charge in [-0.05, 0) is 46.2 Å². The number of H-pyrrole nitrogens is 1. The number of aryl methyl sites for hydroxylation is 4. The molecule has 0 saturated heterocycles. The molecule has 4 aromatic heterocycles. The number of fused-ring (bicyclic) bond motifs is 1. The summed E-state index contributed by atoms with van der Waals surface area (Å²) in [5, 5.41) is 11.6. The van der Waals surface area contributed by atoms with E-state index in [0.717, 1.165) is 56.1 Å². The van der Waals surface area contributed by atoms with E-state index >= 15 is 0 Å². The molecule has 0 amide bonds. The van der Waals surface area contributed by atoms with Crippen molar-refractivity contribution in [3.05, 3.63) is 77.2 Å². The zero-order chi connectivity index (χ0) is 21.7. The van der Waals surface area contributed by atoms with E-state index in [1.807, 2.05) is 33.0 Å². The number of aromatic nitrogens is 5. The number of hydrogen-bond acceptors (Lipinski definition) is 4. The van der Waals surface area contributed by atoms with Crippen LogP contribution in [0.5, 0.6) is 0 Å². The van der Waals surface area contributed by atoms with Gasteiger partial charge >= 0.3 is 0 Å². The molecule has 4 heterocycles. The van der Waals surface area contributed by atoms with Crippen molar-refractivity contribution in [2.75, 3.05) is 0 Å². The summed E-state index contributed by atoms with van der Waals surface area (Å²) in [6.07, 6.45) is 4.12. The molecule has 5 rings (SSSR count). The first-order valence-corrected chi connectivity index (χ1v) is 10.5.